The van der Waals surface area contributed by atoms with Gasteiger partial charge in [0, 0.05) is 17.1 Å². The molecular weight excluding hydrogens is 342 g/mol. The van der Waals surface area contributed by atoms with Gasteiger partial charge >= 0.3 is 0 Å². The van der Waals surface area contributed by atoms with E-state index in [2.05, 4.69) is 22.3 Å². The fourth-order valence-electron chi connectivity index (χ4n) is 2.62. The normalized spacial score (nSPS) is 13.6. The lowest BCUT2D eigenvalue weighted by Gasteiger charge is -2.23. The van der Waals surface area contributed by atoms with Gasteiger partial charge in [-0.2, -0.15) is 5.26 Å². The second kappa shape index (κ2) is 7.61. The number of amides is 1. The second-order valence-electron chi connectivity index (χ2n) is 5.45. The van der Waals surface area contributed by atoms with Gasteiger partial charge < -0.3 is 10.2 Å². The largest absolute Gasteiger partial charge is 0.361 e. The number of hydrogen-bond donors (Lipinski definition) is 1. The highest BCUT2D eigenvalue weighted by Gasteiger charge is 2.18. The van der Waals surface area contributed by atoms with Crippen LogP contribution in [-0.4, -0.2) is 24.7 Å². The molecule has 0 bridgehead atoms. The molecule has 0 aromatic heterocycles. The van der Waals surface area contributed by atoms with Gasteiger partial charge in [-0.3, -0.25) is 4.79 Å². The molecule has 122 valence electrons. The zero-order valence-electron chi connectivity index (χ0n) is 13.0. The van der Waals surface area contributed by atoms with Crippen molar-refractivity contribution < 1.29 is 4.79 Å². The van der Waals surface area contributed by atoms with Crippen molar-refractivity contribution in [1.29, 1.82) is 5.26 Å². The van der Waals surface area contributed by atoms with Crippen LogP contribution in [0.5, 0.6) is 0 Å². The van der Waals surface area contributed by atoms with E-state index >= 15 is 0 Å². The average molecular weight is 358 g/mol. The molecule has 4 nitrogen and oxygen atoms in total. The lowest BCUT2D eigenvalue weighted by molar-refractivity contribution is -0.115. The maximum absolute atomic E-state index is 12.4. The first-order valence-corrected chi connectivity index (χ1v) is 9.00. The summed E-state index contributed by atoms with van der Waals surface area (Å²) in [5, 5.41) is 12.1. The van der Waals surface area contributed by atoms with E-state index in [-0.39, 0.29) is 12.5 Å². The lowest BCUT2D eigenvalue weighted by atomic mass is 10.2. The molecule has 1 heterocycles. The van der Waals surface area contributed by atoms with Crippen LogP contribution < -0.4 is 10.2 Å². The molecule has 0 saturated heterocycles. The minimum absolute atomic E-state index is 0.0996. The molecule has 0 aliphatic carbocycles. The SMILES string of the molecule is N#Cc1ccc(NC(=O)CN2CCCSc3ccccc32)cc1Cl. The van der Waals surface area contributed by atoms with Crippen molar-refractivity contribution in [3.63, 3.8) is 0 Å². The predicted molar refractivity (Wildman–Crippen MR) is 98.8 cm³/mol. The molecule has 2 aromatic carbocycles. The molecule has 1 aliphatic heterocycles. The first kappa shape index (κ1) is 16.7. The van der Waals surface area contributed by atoms with Gasteiger partial charge in [0.05, 0.1) is 22.8 Å². The van der Waals surface area contributed by atoms with Crippen LogP contribution >= 0.6 is 23.4 Å². The van der Waals surface area contributed by atoms with Crippen molar-refractivity contribution >= 4 is 40.6 Å². The van der Waals surface area contributed by atoms with Crippen LogP contribution in [0.4, 0.5) is 11.4 Å². The number of thioether (sulfide) groups is 1. The van der Waals surface area contributed by atoms with Crippen LogP contribution in [0.15, 0.2) is 47.4 Å². The number of anilines is 2. The van der Waals surface area contributed by atoms with E-state index in [1.165, 1.54) is 4.90 Å². The summed E-state index contributed by atoms with van der Waals surface area (Å²) in [7, 11) is 0. The fourth-order valence-corrected chi connectivity index (χ4v) is 3.86. The van der Waals surface area contributed by atoms with E-state index < -0.39 is 0 Å². The molecule has 0 radical (unpaired) electrons. The third kappa shape index (κ3) is 3.84. The Morgan fingerprint density at radius 2 is 2.17 bits per heavy atom. The number of carbonyl (C=O) groups is 1. The topological polar surface area (TPSA) is 56.1 Å². The molecule has 0 saturated carbocycles. The van der Waals surface area contributed by atoms with E-state index in [1.54, 1.807) is 18.2 Å². The smallest absolute Gasteiger partial charge is 0.243 e. The van der Waals surface area contributed by atoms with Gasteiger partial charge in [0.2, 0.25) is 5.91 Å². The molecule has 2 aromatic rings. The van der Waals surface area contributed by atoms with Crippen LogP contribution in [0.1, 0.15) is 12.0 Å². The predicted octanol–water partition coefficient (Wildman–Crippen LogP) is 4.15. The summed E-state index contributed by atoms with van der Waals surface area (Å²) >= 11 is 7.84. The van der Waals surface area contributed by atoms with Gasteiger partial charge in [0.1, 0.15) is 6.07 Å². The third-order valence-corrected chi connectivity index (χ3v) is 5.21. The van der Waals surface area contributed by atoms with Gasteiger partial charge in [0.25, 0.3) is 0 Å². The maximum atomic E-state index is 12.4. The van der Waals surface area contributed by atoms with Crippen molar-refractivity contribution in [2.24, 2.45) is 0 Å². The number of carbonyl (C=O) groups excluding carboxylic acids is 1. The molecule has 1 amide bonds. The van der Waals surface area contributed by atoms with Gasteiger partial charge in [-0.1, -0.05) is 23.7 Å². The highest BCUT2D eigenvalue weighted by molar-refractivity contribution is 7.99. The maximum Gasteiger partial charge on any atom is 0.243 e. The highest BCUT2D eigenvalue weighted by Crippen LogP contribution is 2.33. The molecule has 6 heteroatoms. The molecule has 24 heavy (non-hydrogen) atoms. The van der Waals surface area contributed by atoms with Crippen LogP contribution in [0, 0.1) is 11.3 Å². The molecule has 0 spiro atoms. The average Bonchev–Trinajstić information content (AvgIpc) is 2.78. The van der Waals surface area contributed by atoms with E-state index in [1.807, 2.05) is 30.0 Å². The Labute approximate surface area is 150 Å². The summed E-state index contributed by atoms with van der Waals surface area (Å²) in [4.78, 5) is 15.7. The number of nitrogens with zero attached hydrogens (tertiary/aromatic N) is 2. The van der Waals surface area contributed by atoms with Crippen molar-refractivity contribution in [3.8, 4) is 6.07 Å². The summed E-state index contributed by atoms with van der Waals surface area (Å²) in [6, 6.07) is 15.1. The standard InChI is InChI=1S/C18H16ClN3OS/c19-15-10-14(7-6-13(15)11-20)21-18(23)12-22-8-3-9-24-17-5-2-1-4-16(17)22/h1-2,4-7,10H,3,8-9,12H2,(H,21,23). The fraction of sp³-hybridized carbons (Fsp3) is 0.222. The first-order valence-electron chi connectivity index (χ1n) is 7.63. The van der Waals surface area contributed by atoms with Crippen molar-refractivity contribution in [3.05, 3.63) is 53.1 Å². The van der Waals surface area contributed by atoms with Crippen LogP contribution in [0.3, 0.4) is 0 Å². The highest BCUT2D eigenvalue weighted by atomic mass is 35.5. The number of halogens is 1. The third-order valence-electron chi connectivity index (χ3n) is 3.74. The number of nitrogens with one attached hydrogen (secondary N) is 1. The monoisotopic (exact) mass is 357 g/mol. The first-order chi connectivity index (χ1) is 11.7. The Balaban J connectivity index is 1.71. The molecule has 0 fully saturated rings. The van der Waals surface area contributed by atoms with Gasteiger partial charge in [-0.25, -0.2) is 0 Å². The molecule has 1 aliphatic rings. The lowest BCUT2D eigenvalue weighted by Crippen LogP contribution is -2.34. The number of rotatable bonds is 3. The van der Waals surface area contributed by atoms with Gasteiger partial charge in [0.15, 0.2) is 0 Å². The molecule has 0 unspecified atom stereocenters. The van der Waals surface area contributed by atoms with Crippen LogP contribution in [0.2, 0.25) is 5.02 Å². The van der Waals surface area contributed by atoms with Gasteiger partial charge in [-0.05, 0) is 42.5 Å². The van der Waals surface area contributed by atoms with Crippen molar-refractivity contribution in [2.75, 3.05) is 29.1 Å². The summed E-state index contributed by atoms with van der Waals surface area (Å²) in [5.74, 6) is 0.956. The second-order valence-corrected chi connectivity index (χ2v) is 6.99. The van der Waals surface area contributed by atoms with Crippen LogP contribution in [-0.2, 0) is 4.79 Å². The summed E-state index contributed by atoms with van der Waals surface area (Å²) in [5.41, 5.74) is 2.10. The number of benzene rings is 2. The van der Waals surface area contributed by atoms with E-state index in [0.717, 1.165) is 24.4 Å². The number of fused-ring (bicyclic) bond motifs is 1. The molecule has 0 atom stereocenters. The Morgan fingerprint density at radius 3 is 2.96 bits per heavy atom. The summed E-state index contributed by atoms with van der Waals surface area (Å²) < 4.78 is 0. The molecule has 3 rings (SSSR count). The minimum atomic E-state index is -0.0996. The van der Waals surface area contributed by atoms with Crippen molar-refractivity contribution in [2.45, 2.75) is 11.3 Å². The minimum Gasteiger partial charge on any atom is -0.361 e. The Hall–Kier alpha value is -2.16. The Bertz CT molecular complexity index is 803. The van der Waals surface area contributed by atoms with E-state index in [9.17, 15) is 4.79 Å². The van der Waals surface area contributed by atoms with E-state index in [0.29, 0.717) is 16.3 Å². The van der Waals surface area contributed by atoms with E-state index in [4.69, 9.17) is 16.9 Å². The summed E-state index contributed by atoms with van der Waals surface area (Å²) in [6.07, 6.45) is 1.04. The van der Waals surface area contributed by atoms with Crippen LogP contribution in [0.25, 0.3) is 0 Å². The zero-order chi connectivity index (χ0) is 16.9. The molecular formula is C18H16ClN3OS. The zero-order valence-corrected chi connectivity index (χ0v) is 14.5. The number of para-hydroxylation sites is 1. The number of nitriles is 1. The summed E-state index contributed by atoms with van der Waals surface area (Å²) in [6.45, 7) is 1.14. The quantitative estimate of drug-likeness (QED) is 0.896. The number of hydrogen-bond acceptors (Lipinski definition) is 4. The van der Waals surface area contributed by atoms with Gasteiger partial charge in [-0.15, -0.1) is 11.8 Å². The molecule has 1 N–H and O–H groups in total. The van der Waals surface area contributed by atoms with Crippen molar-refractivity contribution in [1.82, 2.24) is 0 Å². The Kier molecular flexibility index (Phi) is 5.29. The Morgan fingerprint density at radius 1 is 1.33 bits per heavy atom.